The minimum atomic E-state index is -1.17. The molecule has 0 spiro atoms. The van der Waals surface area contributed by atoms with Crippen molar-refractivity contribution in [2.75, 3.05) is 6.61 Å². The van der Waals surface area contributed by atoms with Crippen LogP contribution in [0.2, 0.25) is 0 Å². The Kier molecular flexibility index (Phi) is 3.25. The molecule has 4 rings (SSSR count). The predicted octanol–water partition coefficient (Wildman–Crippen LogP) is 0.620. The normalized spacial score (nSPS) is 41.0. The number of aliphatic hydroxyl groups is 1. The van der Waals surface area contributed by atoms with Gasteiger partial charge in [-0.1, -0.05) is 0 Å². The Morgan fingerprint density at radius 1 is 1.05 bits per heavy atom. The number of aliphatic hydroxyl groups excluding tert-OH is 1. The molecule has 0 heterocycles. The van der Waals surface area contributed by atoms with Crippen molar-refractivity contribution in [1.29, 1.82) is 0 Å². The Morgan fingerprint density at radius 3 is 2.00 bits per heavy atom. The first kappa shape index (κ1) is 12.9. The van der Waals surface area contributed by atoms with Crippen molar-refractivity contribution in [3.05, 3.63) is 0 Å². The SMILES string of the molecule is O=C(O)C(CO)NC(=O)C1C2CC3CC(C2)CC1C3. The summed E-state index contributed by atoms with van der Waals surface area (Å²) in [6.07, 6.45) is 5.84. The number of aliphatic carboxylic acids is 1. The molecule has 4 bridgehead atoms. The minimum Gasteiger partial charge on any atom is -0.480 e. The molecule has 106 valence electrons. The lowest BCUT2D eigenvalue weighted by atomic mass is 9.51. The Balaban J connectivity index is 1.68. The van der Waals surface area contributed by atoms with Crippen LogP contribution in [-0.2, 0) is 9.59 Å². The molecular formula is C14H21NO4. The molecule has 1 amide bonds. The van der Waals surface area contributed by atoms with Crippen LogP contribution in [0, 0.1) is 29.6 Å². The van der Waals surface area contributed by atoms with Crippen molar-refractivity contribution in [1.82, 2.24) is 5.32 Å². The maximum Gasteiger partial charge on any atom is 0.328 e. The first-order valence-electron chi connectivity index (χ1n) is 7.22. The van der Waals surface area contributed by atoms with Crippen LogP contribution < -0.4 is 5.32 Å². The van der Waals surface area contributed by atoms with Gasteiger partial charge in [-0.25, -0.2) is 4.79 Å². The van der Waals surface area contributed by atoms with Crippen LogP contribution in [-0.4, -0.2) is 34.7 Å². The number of amides is 1. The van der Waals surface area contributed by atoms with Crippen LogP contribution >= 0.6 is 0 Å². The Morgan fingerprint density at radius 2 is 1.58 bits per heavy atom. The van der Waals surface area contributed by atoms with Crippen LogP contribution in [0.4, 0.5) is 0 Å². The highest BCUT2D eigenvalue weighted by Crippen LogP contribution is 2.56. The van der Waals surface area contributed by atoms with Gasteiger partial charge in [0.2, 0.25) is 5.91 Å². The first-order chi connectivity index (χ1) is 9.08. The Bertz CT molecular complexity index is 367. The monoisotopic (exact) mass is 267 g/mol. The number of carbonyl (C=O) groups excluding carboxylic acids is 1. The van der Waals surface area contributed by atoms with Crippen molar-refractivity contribution < 1.29 is 19.8 Å². The molecule has 4 aliphatic carbocycles. The minimum absolute atomic E-state index is 0.0267. The standard InChI is InChI=1S/C14H21NO4/c16-6-11(14(18)19)15-13(17)12-9-2-7-1-8(4-9)5-10(12)3-7/h7-12,16H,1-6H2,(H,15,17)(H,18,19). The van der Waals surface area contributed by atoms with Gasteiger partial charge in [0.15, 0.2) is 0 Å². The third-order valence-electron chi connectivity index (χ3n) is 5.33. The van der Waals surface area contributed by atoms with Crippen molar-refractivity contribution in [3.8, 4) is 0 Å². The molecule has 4 fully saturated rings. The largest absolute Gasteiger partial charge is 0.480 e. The third kappa shape index (κ3) is 2.24. The third-order valence-corrected chi connectivity index (χ3v) is 5.33. The van der Waals surface area contributed by atoms with Gasteiger partial charge in [0.25, 0.3) is 0 Å². The number of carboxylic acid groups (broad SMARTS) is 1. The zero-order chi connectivity index (χ0) is 13.6. The summed E-state index contributed by atoms with van der Waals surface area (Å²) < 4.78 is 0. The van der Waals surface area contributed by atoms with E-state index in [1.807, 2.05) is 0 Å². The van der Waals surface area contributed by atoms with Crippen LogP contribution in [0.3, 0.4) is 0 Å². The Hall–Kier alpha value is -1.10. The van der Waals surface area contributed by atoms with E-state index in [0.29, 0.717) is 11.8 Å². The van der Waals surface area contributed by atoms with E-state index in [0.717, 1.165) is 37.5 Å². The highest BCUT2D eigenvalue weighted by molar-refractivity contribution is 5.85. The molecule has 5 nitrogen and oxygen atoms in total. The van der Waals surface area contributed by atoms with Gasteiger partial charge < -0.3 is 15.5 Å². The van der Waals surface area contributed by atoms with Gasteiger partial charge >= 0.3 is 5.97 Å². The second-order valence-corrected chi connectivity index (χ2v) is 6.54. The van der Waals surface area contributed by atoms with E-state index in [2.05, 4.69) is 5.32 Å². The zero-order valence-electron chi connectivity index (χ0n) is 10.9. The molecule has 5 heteroatoms. The average molecular weight is 267 g/mol. The molecule has 4 saturated carbocycles. The summed E-state index contributed by atoms with van der Waals surface area (Å²) in [6, 6.07) is -1.16. The van der Waals surface area contributed by atoms with Gasteiger partial charge in [0.1, 0.15) is 6.04 Å². The number of hydrogen-bond acceptors (Lipinski definition) is 3. The fourth-order valence-corrected chi connectivity index (χ4v) is 4.81. The van der Waals surface area contributed by atoms with Gasteiger partial charge in [-0.3, -0.25) is 4.79 Å². The van der Waals surface area contributed by atoms with Crippen LogP contribution in [0.25, 0.3) is 0 Å². The number of hydrogen-bond donors (Lipinski definition) is 3. The fraction of sp³-hybridized carbons (Fsp3) is 0.857. The van der Waals surface area contributed by atoms with E-state index in [9.17, 15) is 9.59 Å². The highest BCUT2D eigenvalue weighted by atomic mass is 16.4. The molecule has 1 atom stereocenters. The maximum atomic E-state index is 12.3. The lowest BCUT2D eigenvalue weighted by Crippen LogP contribution is -2.54. The number of carbonyl (C=O) groups is 2. The quantitative estimate of drug-likeness (QED) is 0.697. The van der Waals surface area contributed by atoms with Crippen molar-refractivity contribution in [3.63, 3.8) is 0 Å². The van der Waals surface area contributed by atoms with E-state index in [1.165, 1.54) is 6.42 Å². The first-order valence-corrected chi connectivity index (χ1v) is 7.22. The predicted molar refractivity (Wildman–Crippen MR) is 67.2 cm³/mol. The molecule has 0 aromatic heterocycles. The Labute approximate surface area is 112 Å². The van der Waals surface area contributed by atoms with Gasteiger partial charge in [0, 0.05) is 5.92 Å². The molecule has 0 aromatic rings. The van der Waals surface area contributed by atoms with Gasteiger partial charge in [0.05, 0.1) is 6.61 Å². The van der Waals surface area contributed by atoms with Gasteiger partial charge in [-0.15, -0.1) is 0 Å². The summed E-state index contributed by atoms with van der Waals surface area (Å²) in [5.74, 6) is 1.10. The molecule has 1 unspecified atom stereocenters. The molecule has 3 N–H and O–H groups in total. The number of carboxylic acids is 1. The number of nitrogens with one attached hydrogen (secondary N) is 1. The summed E-state index contributed by atoms with van der Waals surface area (Å²) in [5.41, 5.74) is 0. The molecular weight excluding hydrogens is 246 g/mol. The summed E-state index contributed by atoms with van der Waals surface area (Å²) in [7, 11) is 0. The number of rotatable bonds is 4. The summed E-state index contributed by atoms with van der Waals surface area (Å²) >= 11 is 0. The van der Waals surface area contributed by atoms with Gasteiger partial charge in [-0.2, -0.15) is 0 Å². The van der Waals surface area contributed by atoms with E-state index in [4.69, 9.17) is 10.2 Å². The molecule has 0 saturated heterocycles. The second kappa shape index (κ2) is 4.78. The second-order valence-electron chi connectivity index (χ2n) is 6.54. The average Bonchev–Trinajstić information content (AvgIpc) is 2.34. The molecule has 0 aromatic carbocycles. The van der Waals surface area contributed by atoms with E-state index >= 15 is 0 Å². The summed E-state index contributed by atoms with van der Waals surface area (Å²) in [5, 5.41) is 20.4. The van der Waals surface area contributed by atoms with Gasteiger partial charge in [-0.05, 0) is 55.8 Å². The van der Waals surface area contributed by atoms with Crippen molar-refractivity contribution in [2.45, 2.75) is 38.1 Å². The smallest absolute Gasteiger partial charge is 0.328 e. The molecule has 4 aliphatic rings. The highest BCUT2D eigenvalue weighted by Gasteiger charge is 2.51. The van der Waals surface area contributed by atoms with Crippen LogP contribution in [0.1, 0.15) is 32.1 Å². The lowest BCUT2D eigenvalue weighted by Gasteiger charge is -2.53. The van der Waals surface area contributed by atoms with E-state index in [-0.39, 0.29) is 11.8 Å². The topological polar surface area (TPSA) is 86.6 Å². The summed E-state index contributed by atoms with van der Waals surface area (Å²) in [6.45, 7) is -0.547. The lowest BCUT2D eigenvalue weighted by molar-refractivity contribution is -0.147. The fourth-order valence-electron chi connectivity index (χ4n) is 4.81. The van der Waals surface area contributed by atoms with Crippen LogP contribution in [0.15, 0.2) is 0 Å². The molecule has 0 radical (unpaired) electrons. The zero-order valence-corrected chi connectivity index (χ0v) is 10.9. The van der Waals surface area contributed by atoms with E-state index < -0.39 is 18.6 Å². The molecule has 0 aliphatic heterocycles. The van der Waals surface area contributed by atoms with Crippen molar-refractivity contribution in [2.24, 2.45) is 29.6 Å². The van der Waals surface area contributed by atoms with E-state index in [1.54, 1.807) is 0 Å². The van der Waals surface area contributed by atoms with Crippen molar-refractivity contribution >= 4 is 11.9 Å². The maximum absolute atomic E-state index is 12.3. The molecule has 19 heavy (non-hydrogen) atoms. The summed E-state index contributed by atoms with van der Waals surface area (Å²) in [4.78, 5) is 23.2. The van der Waals surface area contributed by atoms with Crippen LogP contribution in [0.5, 0.6) is 0 Å².